The van der Waals surface area contributed by atoms with E-state index in [2.05, 4.69) is 28.8 Å². The molecule has 29 heavy (non-hydrogen) atoms. The predicted octanol–water partition coefficient (Wildman–Crippen LogP) is 5.38. The first-order chi connectivity index (χ1) is 14.2. The summed E-state index contributed by atoms with van der Waals surface area (Å²) in [6.07, 6.45) is 8.05. The second-order valence-electron chi connectivity index (χ2n) is 8.06. The molecule has 5 heteroatoms. The molecule has 2 aromatic carbocycles. The number of carbonyl (C=O) groups excluding carboxylic acids is 1. The summed E-state index contributed by atoms with van der Waals surface area (Å²) in [6, 6.07) is 12.6. The van der Waals surface area contributed by atoms with Crippen LogP contribution in [-0.2, 0) is 18.6 Å². The molecule has 0 saturated heterocycles. The van der Waals surface area contributed by atoms with E-state index in [-0.39, 0.29) is 5.91 Å². The van der Waals surface area contributed by atoms with E-state index in [0.717, 1.165) is 55.1 Å². The summed E-state index contributed by atoms with van der Waals surface area (Å²) in [5.74, 6) is 0.911. The third-order valence-electron chi connectivity index (χ3n) is 5.97. The third kappa shape index (κ3) is 5.36. The van der Waals surface area contributed by atoms with E-state index in [1.54, 1.807) is 11.8 Å². The van der Waals surface area contributed by atoms with Crippen molar-refractivity contribution in [3.05, 3.63) is 63.7 Å². The normalized spacial score (nSPS) is 17.4. The highest BCUT2D eigenvalue weighted by Gasteiger charge is 2.17. The zero-order valence-corrected chi connectivity index (χ0v) is 18.4. The maximum atomic E-state index is 12.5. The molecular formula is C24H29ClN2OS. The van der Waals surface area contributed by atoms with Gasteiger partial charge in [-0.15, -0.1) is 11.8 Å². The number of carbonyl (C=O) groups is 1. The first kappa shape index (κ1) is 20.8. The van der Waals surface area contributed by atoms with E-state index >= 15 is 0 Å². The fourth-order valence-corrected chi connectivity index (χ4v) is 5.75. The molecule has 0 bridgehead atoms. The first-order valence-electron chi connectivity index (χ1n) is 10.7. The molecule has 1 saturated carbocycles. The first-order valence-corrected chi connectivity index (χ1v) is 12.1. The summed E-state index contributed by atoms with van der Waals surface area (Å²) in [5, 5.41) is 7.51. The predicted molar refractivity (Wildman–Crippen MR) is 122 cm³/mol. The number of fused-ring (bicyclic) bond motifs is 1. The van der Waals surface area contributed by atoms with Gasteiger partial charge in [-0.25, -0.2) is 0 Å². The van der Waals surface area contributed by atoms with Crippen LogP contribution in [0, 0.1) is 0 Å². The smallest absolute Gasteiger partial charge is 0.251 e. The van der Waals surface area contributed by atoms with E-state index in [0.29, 0.717) is 6.04 Å². The number of nitrogens with one attached hydrogen (secondary N) is 2. The van der Waals surface area contributed by atoms with E-state index in [4.69, 9.17) is 11.6 Å². The number of hydrogen-bond donors (Lipinski definition) is 2. The Hall–Kier alpha value is -1.49. The molecule has 1 fully saturated rings. The molecule has 2 aliphatic rings. The van der Waals surface area contributed by atoms with Crippen molar-refractivity contribution in [3.8, 4) is 0 Å². The van der Waals surface area contributed by atoms with Gasteiger partial charge in [-0.1, -0.05) is 49.1 Å². The zero-order chi connectivity index (χ0) is 20.1. The fraction of sp³-hybridized carbons (Fsp3) is 0.458. The molecule has 0 atom stereocenters. The highest BCUT2D eigenvalue weighted by molar-refractivity contribution is 7.98. The minimum absolute atomic E-state index is 0.0556. The summed E-state index contributed by atoms with van der Waals surface area (Å²) in [7, 11) is 0. The summed E-state index contributed by atoms with van der Waals surface area (Å²) in [5.41, 5.74) is 4.78. The molecule has 0 aromatic heterocycles. The van der Waals surface area contributed by atoms with Crippen LogP contribution in [0.4, 0.5) is 0 Å². The van der Waals surface area contributed by atoms with Crippen LogP contribution < -0.4 is 10.6 Å². The average Bonchev–Trinajstić information content (AvgIpc) is 3.00. The second kappa shape index (κ2) is 10.0. The van der Waals surface area contributed by atoms with Crippen LogP contribution in [0.1, 0.15) is 59.2 Å². The molecule has 3 nitrogen and oxygen atoms in total. The number of hydrogen-bond acceptors (Lipinski definition) is 3. The number of amides is 1. The lowest BCUT2D eigenvalue weighted by Crippen LogP contribution is -2.36. The summed E-state index contributed by atoms with van der Waals surface area (Å²) < 4.78 is 0. The van der Waals surface area contributed by atoms with Crippen molar-refractivity contribution in [2.45, 2.75) is 61.6 Å². The highest BCUT2D eigenvalue weighted by atomic mass is 35.5. The van der Waals surface area contributed by atoms with Gasteiger partial charge in [-0.2, -0.15) is 0 Å². The van der Waals surface area contributed by atoms with Gasteiger partial charge in [0.15, 0.2) is 0 Å². The lowest BCUT2D eigenvalue weighted by Gasteiger charge is -2.22. The van der Waals surface area contributed by atoms with Gasteiger partial charge >= 0.3 is 0 Å². The number of benzene rings is 2. The molecule has 0 radical (unpaired) electrons. The Balaban J connectivity index is 1.39. The van der Waals surface area contributed by atoms with Crippen molar-refractivity contribution < 1.29 is 4.79 Å². The van der Waals surface area contributed by atoms with Crippen molar-refractivity contribution in [3.63, 3.8) is 0 Å². The van der Waals surface area contributed by atoms with E-state index in [1.165, 1.54) is 40.8 Å². The van der Waals surface area contributed by atoms with Gasteiger partial charge in [-0.05, 0) is 73.7 Å². The van der Waals surface area contributed by atoms with Crippen LogP contribution in [0.5, 0.6) is 0 Å². The van der Waals surface area contributed by atoms with Gasteiger partial charge in [0, 0.05) is 22.3 Å². The van der Waals surface area contributed by atoms with Gasteiger partial charge in [-0.3, -0.25) is 4.79 Å². The molecule has 154 valence electrons. The lowest BCUT2D eigenvalue weighted by molar-refractivity contribution is 0.0927. The quantitative estimate of drug-likeness (QED) is 0.628. The van der Waals surface area contributed by atoms with Gasteiger partial charge in [0.1, 0.15) is 0 Å². The van der Waals surface area contributed by atoms with Crippen molar-refractivity contribution in [1.29, 1.82) is 0 Å². The summed E-state index contributed by atoms with van der Waals surface area (Å²) in [6.45, 7) is 2.04. The van der Waals surface area contributed by atoms with Crippen LogP contribution in [0.15, 0.2) is 41.3 Å². The van der Waals surface area contributed by atoms with Crippen LogP contribution in [-0.4, -0.2) is 25.0 Å². The molecule has 1 aliphatic heterocycles. The SMILES string of the molecule is O=C(NC1CCCCC1)c1ccc(CSc2c(Cl)ccc3c2CCNCC3)cc1. The third-order valence-corrected chi connectivity index (χ3v) is 7.63. The van der Waals surface area contributed by atoms with Crippen molar-refractivity contribution in [1.82, 2.24) is 10.6 Å². The maximum absolute atomic E-state index is 12.5. The molecule has 1 aliphatic carbocycles. The van der Waals surface area contributed by atoms with Gasteiger partial charge in [0.05, 0.1) is 5.02 Å². The summed E-state index contributed by atoms with van der Waals surface area (Å²) in [4.78, 5) is 13.7. The Bertz CT molecular complexity index is 847. The van der Waals surface area contributed by atoms with Crippen LogP contribution in [0.3, 0.4) is 0 Å². The Morgan fingerprint density at radius 3 is 2.59 bits per heavy atom. The molecule has 4 rings (SSSR count). The molecule has 1 amide bonds. The van der Waals surface area contributed by atoms with E-state index in [1.807, 2.05) is 18.2 Å². The van der Waals surface area contributed by atoms with Crippen molar-refractivity contribution >= 4 is 29.3 Å². The minimum Gasteiger partial charge on any atom is -0.349 e. The molecule has 2 N–H and O–H groups in total. The lowest BCUT2D eigenvalue weighted by atomic mass is 9.95. The fourth-order valence-electron chi connectivity index (χ4n) is 4.29. The minimum atomic E-state index is 0.0556. The van der Waals surface area contributed by atoms with Gasteiger partial charge in [0.2, 0.25) is 0 Å². The molecule has 2 aromatic rings. The molecule has 0 unspecified atom stereocenters. The average molecular weight is 429 g/mol. The van der Waals surface area contributed by atoms with Crippen LogP contribution in [0.25, 0.3) is 0 Å². The Labute approximate surface area is 183 Å². The van der Waals surface area contributed by atoms with Gasteiger partial charge in [0.25, 0.3) is 5.91 Å². The van der Waals surface area contributed by atoms with Crippen LogP contribution >= 0.6 is 23.4 Å². The zero-order valence-electron chi connectivity index (χ0n) is 16.8. The number of thioether (sulfide) groups is 1. The van der Waals surface area contributed by atoms with Crippen molar-refractivity contribution in [2.24, 2.45) is 0 Å². The van der Waals surface area contributed by atoms with Crippen LogP contribution in [0.2, 0.25) is 5.02 Å². The van der Waals surface area contributed by atoms with Crippen molar-refractivity contribution in [2.75, 3.05) is 13.1 Å². The van der Waals surface area contributed by atoms with E-state index in [9.17, 15) is 4.79 Å². The maximum Gasteiger partial charge on any atom is 0.251 e. The highest BCUT2D eigenvalue weighted by Crippen LogP contribution is 2.36. The Kier molecular flexibility index (Phi) is 7.17. The standard InChI is InChI=1S/C24H29ClN2OS/c25-22-11-10-18-12-14-26-15-13-21(18)23(22)29-16-17-6-8-19(9-7-17)24(28)27-20-4-2-1-3-5-20/h6-11,20,26H,1-5,12-16H2,(H,27,28). The monoisotopic (exact) mass is 428 g/mol. The number of halogens is 1. The Morgan fingerprint density at radius 2 is 1.79 bits per heavy atom. The number of rotatable bonds is 5. The molecule has 1 heterocycles. The second-order valence-corrected chi connectivity index (χ2v) is 9.45. The summed E-state index contributed by atoms with van der Waals surface area (Å²) >= 11 is 8.35. The molecular weight excluding hydrogens is 400 g/mol. The van der Waals surface area contributed by atoms with E-state index < -0.39 is 0 Å². The van der Waals surface area contributed by atoms with Gasteiger partial charge < -0.3 is 10.6 Å². The molecule has 0 spiro atoms. The largest absolute Gasteiger partial charge is 0.349 e. The topological polar surface area (TPSA) is 41.1 Å². The Morgan fingerprint density at radius 1 is 1.03 bits per heavy atom.